The molecule has 1 unspecified atom stereocenters. The SMILES string of the molecule is O=[N+]([O-])c1cc(-n2ccnn2)cc2c1cnn2C1CCCCO1. The molecule has 2 aromatic heterocycles. The number of aromatic nitrogens is 5. The zero-order valence-electron chi connectivity index (χ0n) is 12.2. The number of nitro groups is 1. The van der Waals surface area contributed by atoms with E-state index in [9.17, 15) is 10.1 Å². The van der Waals surface area contributed by atoms with E-state index in [1.54, 1.807) is 10.9 Å². The van der Waals surface area contributed by atoms with E-state index in [1.165, 1.54) is 23.1 Å². The molecule has 0 amide bonds. The molecule has 1 aromatic carbocycles. The van der Waals surface area contributed by atoms with Crippen molar-refractivity contribution in [3.05, 3.63) is 40.8 Å². The van der Waals surface area contributed by atoms with Crippen LogP contribution in [0.15, 0.2) is 30.7 Å². The summed E-state index contributed by atoms with van der Waals surface area (Å²) in [5, 5.41) is 23.9. The number of non-ortho nitro benzene ring substituents is 1. The number of ether oxygens (including phenoxy) is 1. The number of hydrogen-bond acceptors (Lipinski definition) is 6. The molecule has 118 valence electrons. The van der Waals surface area contributed by atoms with Gasteiger partial charge in [0.25, 0.3) is 5.69 Å². The van der Waals surface area contributed by atoms with Gasteiger partial charge in [-0.1, -0.05) is 5.21 Å². The summed E-state index contributed by atoms with van der Waals surface area (Å²) >= 11 is 0. The third kappa shape index (κ3) is 2.34. The highest BCUT2D eigenvalue weighted by molar-refractivity contribution is 5.90. The van der Waals surface area contributed by atoms with Crippen LogP contribution in [0.3, 0.4) is 0 Å². The minimum atomic E-state index is -0.406. The van der Waals surface area contributed by atoms with Gasteiger partial charge in [0.05, 0.1) is 40.1 Å². The molecular formula is C14H14N6O3. The second-order valence-electron chi connectivity index (χ2n) is 5.41. The predicted octanol–water partition coefficient (Wildman–Crippen LogP) is 2.22. The maximum atomic E-state index is 11.4. The molecule has 0 aliphatic carbocycles. The van der Waals surface area contributed by atoms with Crippen LogP contribution in [0, 0.1) is 10.1 Å². The second kappa shape index (κ2) is 5.43. The molecule has 1 aliphatic heterocycles. The van der Waals surface area contributed by atoms with Gasteiger partial charge in [-0.3, -0.25) is 10.1 Å². The first-order chi connectivity index (χ1) is 11.2. The van der Waals surface area contributed by atoms with Gasteiger partial charge in [-0.15, -0.1) is 5.10 Å². The Bertz CT molecular complexity index is 851. The highest BCUT2D eigenvalue weighted by atomic mass is 16.6. The van der Waals surface area contributed by atoms with Crippen molar-refractivity contribution in [1.82, 2.24) is 24.8 Å². The first kappa shape index (κ1) is 13.8. The van der Waals surface area contributed by atoms with Crippen molar-refractivity contribution >= 4 is 16.6 Å². The standard InChI is InChI=1S/C14H14N6O3/c21-20(22)13-8-10(18-5-4-15-17-18)7-12-11(13)9-16-19(12)14-3-1-2-6-23-14/h4-5,7-9,14H,1-3,6H2. The smallest absolute Gasteiger partial charge is 0.282 e. The van der Waals surface area contributed by atoms with Crippen molar-refractivity contribution in [2.24, 2.45) is 0 Å². The van der Waals surface area contributed by atoms with Gasteiger partial charge in [-0.2, -0.15) is 5.10 Å². The molecule has 0 radical (unpaired) electrons. The largest absolute Gasteiger partial charge is 0.356 e. The monoisotopic (exact) mass is 314 g/mol. The molecule has 0 N–H and O–H groups in total. The Balaban J connectivity index is 1.91. The van der Waals surface area contributed by atoms with Crippen molar-refractivity contribution in [3.8, 4) is 5.69 Å². The lowest BCUT2D eigenvalue weighted by atomic mass is 10.1. The van der Waals surface area contributed by atoms with E-state index >= 15 is 0 Å². The Morgan fingerprint density at radius 3 is 2.96 bits per heavy atom. The maximum absolute atomic E-state index is 11.4. The van der Waals surface area contributed by atoms with E-state index < -0.39 is 4.92 Å². The summed E-state index contributed by atoms with van der Waals surface area (Å²) in [6, 6.07) is 3.30. The predicted molar refractivity (Wildman–Crippen MR) is 80.1 cm³/mol. The van der Waals surface area contributed by atoms with Crippen molar-refractivity contribution in [2.75, 3.05) is 6.61 Å². The summed E-state index contributed by atoms with van der Waals surface area (Å²) in [5.74, 6) is 0. The van der Waals surface area contributed by atoms with E-state index in [1.807, 2.05) is 6.07 Å². The summed E-state index contributed by atoms with van der Waals surface area (Å²) in [4.78, 5) is 11.0. The zero-order chi connectivity index (χ0) is 15.8. The Kier molecular flexibility index (Phi) is 3.27. The average molecular weight is 314 g/mol. The molecule has 23 heavy (non-hydrogen) atoms. The van der Waals surface area contributed by atoms with Crippen LogP contribution in [0.25, 0.3) is 16.6 Å². The molecule has 9 nitrogen and oxygen atoms in total. The van der Waals surface area contributed by atoms with Gasteiger partial charge in [0.2, 0.25) is 0 Å². The number of benzene rings is 1. The zero-order valence-corrected chi connectivity index (χ0v) is 12.2. The van der Waals surface area contributed by atoms with Gasteiger partial charge in [-0.25, -0.2) is 9.36 Å². The lowest BCUT2D eigenvalue weighted by molar-refractivity contribution is -0.383. The van der Waals surface area contributed by atoms with Gasteiger partial charge in [0.15, 0.2) is 6.23 Å². The summed E-state index contributed by atoms with van der Waals surface area (Å²) in [6.45, 7) is 0.677. The molecule has 4 rings (SSSR count). The average Bonchev–Trinajstić information content (AvgIpc) is 3.24. The molecule has 9 heteroatoms. The van der Waals surface area contributed by atoms with Crippen molar-refractivity contribution in [1.29, 1.82) is 0 Å². The third-order valence-electron chi connectivity index (χ3n) is 3.99. The molecule has 0 spiro atoms. The first-order valence-corrected chi connectivity index (χ1v) is 7.38. The van der Waals surface area contributed by atoms with E-state index in [4.69, 9.17) is 4.74 Å². The fourth-order valence-electron chi connectivity index (χ4n) is 2.89. The number of rotatable bonds is 3. The van der Waals surface area contributed by atoms with Crippen LogP contribution in [-0.4, -0.2) is 36.3 Å². The number of nitro benzene ring substituents is 1. The molecule has 1 saturated heterocycles. The summed E-state index contributed by atoms with van der Waals surface area (Å²) in [7, 11) is 0. The summed E-state index contributed by atoms with van der Waals surface area (Å²) < 4.78 is 8.97. The second-order valence-corrected chi connectivity index (χ2v) is 5.41. The van der Waals surface area contributed by atoms with E-state index in [2.05, 4.69) is 15.4 Å². The lowest BCUT2D eigenvalue weighted by Gasteiger charge is -2.23. The minimum Gasteiger partial charge on any atom is -0.356 e. The topological polar surface area (TPSA) is 101 Å². The van der Waals surface area contributed by atoms with Gasteiger partial charge in [0, 0.05) is 12.7 Å². The number of nitrogens with zero attached hydrogens (tertiary/aromatic N) is 6. The maximum Gasteiger partial charge on any atom is 0.282 e. The Hall–Kier alpha value is -2.81. The van der Waals surface area contributed by atoms with Gasteiger partial charge in [-0.05, 0) is 25.3 Å². The van der Waals surface area contributed by atoms with Crippen LogP contribution >= 0.6 is 0 Å². The van der Waals surface area contributed by atoms with Crippen molar-refractivity contribution < 1.29 is 9.66 Å². The molecule has 1 atom stereocenters. The molecule has 0 saturated carbocycles. The normalized spacial score (nSPS) is 18.3. The van der Waals surface area contributed by atoms with Crippen LogP contribution in [-0.2, 0) is 4.74 Å². The molecule has 1 aliphatic rings. The summed E-state index contributed by atoms with van der Waals surface area (Å²) in [5.41, 5.74) is 1.23. The number of hydrogen-bond donors (Lipinski definition) is 0. The van der Waals surface area contributed by atoms with E-state index in [-0.39, 0.29) is 11.9 Å². The van der Waals surface area contributed by atoms with Crippen LogP contribution in [0.4, 0.5) is 5.69 Å². The van der Waals surface area contributed by atoms with Crippen LogP contribution < -0.4 is 0 Å². The highest BCUT2D eigenvalue weighted by Crippen LogP contribution is 2.32. The molecule has 3 heterocycles. The Morgan fingerprint density at radius 1 is 1.35 bits per heavy atom. The van der Waals surface area contributed by atoms with E-state index in [0.29, 0.717) is 23.2 Å². The Labute approximate surface area is 130 Å². The van der Waals surface area contributed by atoms with Crippen LogP contribution in [0.5, 0.6) is 0 Å². The fraction of sp³-hybridized carbons (Fsp3) is 0.357. The van der Waals surface area contributed by atoms with Crippen LogP contribution in [0.1, 0.15) is 25.5 Å². The fourth-order valence-corrected chi connectivity index (χ4v) is 2.89. The van der Waals surface area contributed by atoms with Crippen molar-refractivity contribution in [3.63, 3.8) is 0 Å². The molecule has 0 bridgehead atoms. The van der Waals surface area contributed by atoms with Gasteiger partial charge >= 0.3 is 0 Å². The Morgan fingerprint density at radius 2 is 2.26 bits per heavy atom. The molecule has 3 aromatic rings. The quantitative estimate of drug-likeness (QED) is 0.542. The van der Waals surface area contributed by atoms with E-state index in [0.717, 1.165) is 19.3 Å². The summed E-state index contributed by atoms with van der Waals surface area (Å²) in [6.07, 6.45) is 7.43. The lowest BCUT2D eigenvalue weighted by Crippen LogP contribution is -2.19. The molecular weight excluding hydrogens is 300 g/mol. The van der Waals surface area contributed by atoms with Crippen molar-refractivity contribution in [2.45, 2.75) is 25.5 Å². The first-order valence-electron chi connectivity index (χ1n) is 7.38. The third-order valence-corrected chi connectivity index (χ3v) is 3.99. The van der Waals surface area contributed by atoms with Gasteiger partial charge in [0.1, 0.15) is 0 Å². The van der Waals surface area contributed by atoms with Crippen LogP contribution in [0.2, 0.25) is 0 Å². The highest BCUT2D eigenvalue weighted by Gasteiger charge is 2.23. The number of fused-ring (bicyclic) bond motifs is 1. The van der Waals surface area contributed by atoms with Gasteiger partial charge < -0.3 is 4.74 Å². The minimum absolute atomic E-state index is 0.00457. The molecule has 1 fully saturated rings.